The van der Waals surface area contributed by atoms with E-state index < -0.39 is 35.3 Å². The van der Waals surface area contributed by atoms with Gasteiger partial charge in [-0.2, -0.15) is 13.2 Å². The number of benzene rings is 3. The molecule has 0 aliphatic carbocycles. The van der Waals surface area contributed by atoms with Crippen molar-refractivity contribution in [1.29, 1.82) is 0 Å². The molecular weight excluding hydrogens is 527 g/mol. The number of fused-ring (bicyclic) bond motifs is 1. The maximum atomic E-state index is 13.0. The number of halogens is 3. The van der Waals surface area contributed by atoms with Crippen LogP contribution in [0.2, 0.25) is 0 Å². The van der Waals surface area contributed by atoms with E-state index in [1.165, 1.54) is 6.07 Å². The minimum Gasteiger partial charge on any atom is -0.325 e. The van der Waals surface area contributed by atoms with Crippen LogP contribution in [-0.4, -0.2) is 33.1 Å². The van der Waals surface area contributed by atoms with Gasteiger partial charge in [0, 0.05) is 22.5 Å². The van der Waals surface area contributed by atoms with Crippen molar-refractivity contribution in [2.45, 2.75) is 20.0 Å². The molecule has 0 bridgehead atoms. The Morgan fingerprint density at radius 1 is 0.974 bits per heavy atom. The van der Waals surface area contributed by atoms with Crippen LogP contribution in [-0.2, 0) is 15.8 Å². The molecule has 0 atom stereocenters. The van der Waals surface area contributed by atoms with Crippen LogP contribution in [0.1, 0.15) is 22.5 Å². The minimum absolute atomic E-state index is 0.0850. The predicted molar refractivity (Wildman–Crippen MR) is 145 cm³/mol. The Bertz CT molecular complexity index is 1670. The molecule has 4 aromatic rings. The van der Waals surface area contributed by atoms with E-state index in [0.717, 1.165) is 56.5 Å². The highest BCUT2D eigenvalue weighted by atomic mass is 32.2. The monoisotopic (exact) mass is 549 g/mol. The first-order chi connectivity index (χ1) is 18.5. The molecule has 1 fully saturated rings. The molecule has 1 N–H and O–H groups in total. The number of thioether (sulfide) groups is 1. The molecule has 1 aromatic heterocycles. The molecule has 5 rings (SSSR count). The SMILES string of the molecule is Cc1cc(/C=C2\SC(=O)N(CC(=O)Nc3cccc(C(F)(F)F)c3)C2=O)c(C)n1-c1cccc2ccccc12. The molecule has 0 unspecified atom stereocenters. The van der Waals surface area contributed by atoms with Gasteiger partial charge in [0.1, 0.15) is 6.54 Å². The first-order valence-corrected chi connectivity index (χ1v) is 12.7. The van der Waals surface area contributed by atoms with Crippen LogP contribution < -0.4 is 5.32 Å². The molecule has 1 aliphatic heterocycles. The molecule has 1 saturated heterocycles. The van der Waals surface area contributed by atoms with Crippen LogP contribution in [0.4, 0.5) is 23.7 Å². The highest BCUT2D eigenvalue weighted by molar-refractivity contribution is 8.18. The van der Waals surface area contributed by atoms with E-state index in [2.05, 4.69) is 9.88 Å². The topological polar surface area (TPSA) is 71.4 Å². The molecule has 0 saturated carbocycles. The normalized spacial score (nSPS) is 15.0. The summed E-state index contributed by atoms with van der Waals surface area (Å²) in [5.41, 5.74) is 2.54. The van der Waals surface area contributed by atoms with E-state index >= 15 is 0 Å². The van der Waals surface area contributed by atoms with Crippen LogP contribution in [0.5, 0.6) is 0 Å². The number of aryl methyl sites for hydroxylation is 1. The summed E-state index contributed by atoms with van der Waals surface area (Å²) >= 11 is 0.713. The van der Waals surface area contributed by atoms with Crippen molar-refractivity contribution < 1.29 is 27.6 Å². The summed E-state index contributed by atoms with van der Waals surface area (Å²) in [4.78, 5) is 39.0. The fourth-order valence-corrected chi connectivity index (χ4v) is 5.43. The Morgan fingerprint density at radius 3 is 2.46 bits per heavy atom. The first kappa shape index (κ1) is 26.3. The van der Waals surface area contributed by atoms with Gasteiger partial charge in [-0.05, 0) is 73.0 Å². The van der Waals surface area contributed by atoms with Crippen molar-refractivity contribution in [2.24, 2.45) is 0 Å². The van der Waals surface area contributed by atoms with Crippen LogP contribution in [0, 0.1) is 13.8 Å². The summed E-state index contributed by atoms with van der Waals surface area (Å²) in [6.45, 7) is 3.26. The number of carbonyl (C=O) groups excluding carboxylic acids is 3. The highest BCUT2D eigenvalue weighted by Crippen LogP contribution is 2.35. The number of amides is 3. The number of imide groups is 1. The van der Waals surface area contributed by atoms with Gasteiger partial charge in [-0.25, -0.2) is 0 Å². The number of hydrogen-bond donors (Lipinski definition) is 1. The van der Waals surface area contributed by atoms with Gasteiger partial charge in [-0.3, -0.25) is 19.3 Å². The lowest BCUT2D eigenvalue weighted by molar-refractivity contribution is -0.137. The van der Waals surface area contributed by atoms with Crippen molar-refractivity contribution in [3.63, 3.8) is 0 Å². The molecule has 0 spiro atoms. The number of aromatic nitrogens is 1. The maximum Gasteiger partial charge on any atom is 0.416 e. The van der Waals surface area contributed by atoms with Crippen LogP contribution in [0.15, 0.2) is 77.7 Å². The van der Waals surface area contributed by atoms with E-state index in [4.69, 9.17) is 0 Å². The van der Waals surface area contributed by atoms with Gasteiger partial charge in [0.15, 0.2) is 0 Å². The van der Waals surface area contributed by atoms with Gasteiger partial charge < -0.3 is 9.88 Å². The summed E-state index contributed by atoms with van der Waals surface area (Å²) in [7, 11) is 0. The number of alkyl halides is 3. The molecule has 6 nitrogen and oxygen atoms in total. The smallest absolute Gasteiger partial charge is 0.325 e. The third kappa shape index (κ3) is 5.20. The zero-order valence-electron chi connectivity index (χ0n) is 20.9. The Labute approximate surface area is 226 Å². The summed E-state index contributed by atoms with van der Waals surface area (Å²) in [6, 6.07) is 20.1. The van der Waals surface area contributed by atoms with Crippen molar-refractivity contribution >= 4 is 51.4 Å². The molecule has 3 aromatic carbocycles. The Hall–Kier alpha value is -4.31. The minimum atomic E-state index is -4.57. The van der Waals surface area contributed by atoms with Crippen LogP contribution in [0.3, 0.4) is 0 Å². The van der Waals surface area contributed by atoms with Gasteiger partial charge in [0.05, 0.1) is 16.2 Å². The molecule has 2 heterocycles. The molecular formula is C29H22F3N3O3S. The number of carbonyl (C=O) groups is 3. The zero-order valence-corrected chi connectivity index (χ0v) is 21.7. The van der Waals surface area contributed by atoms with Crippen molar-refractivity contribution in [3.05, 3.63) is 100 Å². The second kappa shape index (κ2) is 10.1. The molecule has 39 heavy (non-hydrogen) atoms. The van der Waals surface area contributed by atoms with Gasteiger partial charge in [-0.1, -0.05) is 42.5 Å². The standard InChI is InChI=1S/C29H22F3N3O3S/c1-17-13-20(18(2)35(17)24-12-5-8-19-7-3-4-11-23(19)24)14-25-27(37)34(28(38)39-25)16-26(36)33-22-10-6-9-21(15-22)29(30,31)32/h3-15H,16H2,1-2H3,(H,33,36)/b25-14-. The van der Waals surface area contributed by atoms with E-state index in [9.17, 15) is 27.6 Å². The van der Waals surface area contributed by atoms with Crippen molar-refractivity contribution in [3.8, 4) is 5.69 Å². The number of nitrogens with zero attached hydrogens (tertiary/aromatic N) is 2. The Balaban J connectivity index is 1.36. The third-order valence-electron chi connectivity index (χ3n) is 6.41. The van der Waals surface area contributed by atoms with E-state index in [-0.39, 0.29) is 10.6 Å². The molecule has 1 aliphatic rings. The van der Waals surface area contributed by atoms with Gasteiger partial charge in [0.2, 0.25) is 5.91 Å². The Morgan fingerprint density at radius 2 is 1.69 bits per heavy atom. The first-order valence-electron chi connectivity index (χ1n) is 11.9. The largest absolute Gasteiger partial charge is 0.416 e. The summed E-state index contributed by atoms with van der Waals surface area (Å²) in [6.07, 6.45) is -2.94. The summed E-state index contributed by atoms with van der Waals surface area (Å²) in [5, 5.41) is 3.85. The maximum absolute atomic E-state index is 13.0. The summed E-state index contributed by atoms with van der Waals surface area (Å²) < 4.78 is 41.0. The lowest BCUT2D eigenvalue weighted by Crippen LogP contribution is -2.36. The van der Waals surface area contributed by atoms with Crippen molar-refractivity contribution in [2.75, 3.05) is 11.9 Å². The average Bonchev–Trinajstić information content (AvgIpc) is 3.32. The van der Waals surface area contributed by atoms with Crippen LogP contribution in [0.25, 0.3) is 22.5 Å². The fraction of sp³-hybridized carbons (Fsp3) is 0.138. The van der Waals surface area contributed by atoms with Gasteiger partial charge in [0.25, 0.3) is 11.1 Å². The van der Waals surface area contributed by atoms with Crippen LogP contribution >= 0.6 is 11.8 Å². The fourth-order valence-electron chi connectivity index (χ4n) is 4.60. The molecule has 3 amide bonds. The summed E-state index contributed by atoms with van der Waals surface area (Å²) in [5.74, 6) is -1.42. The molecule has 0 radical (unpaired) electrons. The van der Waals surface area contributed by atoms with E-state index in [1.54, 1.807) is 6.08 Å². The lowest BCUT2D eigenvalue weighted by Gasteiger charge is -2.13. The highest BCUT2D eigenvalue weighted by Gasteiger charge is 2.37. The second-order valence-electron chi connectivity index (χ2n) is 9.05. The average molecular weight is 550 g/mol. The lowest BCUT2D eigenvalue weighted by atomic mass is 10.1. The van der Waals surface area contributed by atoms with E-state index in [1.807, 2.05) is 62.4 Å². The second-order valence-corrected chi connectivity index (χ2v) is 10.0. The van der Waals surface area contributed by atoms with Crippen molar-refractivity contribution in [1.82, 2.24) is 9.47 Å². The number of anilines is 1. The molecule has 198 valence electrons. The van der Waals surface area contributed by atoms with Gasteiger partial charge in [-0.15, -0.1) is 0 Å². The predicted octanol–water partition coefficient (Wildman–Crippen LogP) is 6.94. The molecule has 10 heteroatoms. The quantitative estimate of drug-likeness (QED) is 0.274. The zero-order chi connectivity index (χ0) is 27.9. The van der Waals surface area contributed by atoms with E-state index in [0.29, 0.717) is 11.8 Å². The number of nitrogens with one attached hydrogen (secondary N) is 1. The third-order valence-corrected chi connectivity index (χ3v) is 7.32. The number of hydrogen-bond acceptors (Lipinski definition) is 4. The Kier molecular flexibility index (Phi) is 6.82. The number of rotatable bonds is 5. The van der Waals surface area contributed by atoms with Gasteiger partial charge >= 0.3 is 6.18 Å².